The second kappa shape index (κ2) is 6.21. The van der Waals surface area contributed by atoms with Crippen molar-refractivity contribution in [2.24, 2.45) is 7.05 Å². The number of benzene rings is 2. The summed E-state index contributed by atoms with van der Waals surface area (Å²) in [5.41, 5.74) is 3.74. The molecule has 0 spiro atoms. The highest BCUT2D eigenvalue weighted by molar-refractivity contribution is 9.10. The number of para-hydroxylation sites is 2. The third kappa shape index (κ3) is 2.76. The lowest BCUT2D eigenvalue weighted by molar-refractivity contribution is 0.488. The van der Waals surface area contributed by atoms with Crippen LogP contribution in [0.2, 0.25) is 0 Å². The highest BCUT2D eigenvalue weighted by atomic mass is 79.9. The number of nitrogens with zero attached hydrogens (tertiary/aromatic N) is 4. The quantitative estimate of drug-likeness (QED) is 0.443. The molecule has 2 aromatic carbocycles. The van der Waals surface area contributed by atoms with E-state index in [9.17, 15) is 0 Å². The molecule has 3 heterocycles. The molecule has 1 N–H and O–H groups in total. The Morgan fingerprint density at radius 3 is 2.67 bits per heavy atom. The van der Waals surface area contributed by atoms with Crippen molar-refractivity contribution in [3.05, 3.63) is 65.4 Å². The van der Waals surface area contributed by atoms with Gasteiger partial charge in [-0.15, -0.1) is 0 Å². The maximum atomic E-state index is 6.08. The van der Waals surface area contributed by atoms with Crippen LogP contribution >= 0.6 is 15.9 Å². The summed E-state index contributed by atoms with van der Waals surface area (Å²) in [5.74, 6) is 2.28. The fourth-order valence-corrected chi connectivity index (χ4v) is 3.69. The summed E-state index contributed by atoms with van der Waals surface area (Å²) in [6.45, 7) is 0. The molecule has 7 heteroatoms. The van der Waals surface area contributed by atoms with Crippen LogP contribution in [0, 0.1) is 0 Å². The number of ether oxygens (including phenoxy) is 1. The van der Waals surface area contributed by atoms with E-state index in [1.807, 2.05) is 61.6 Å². The maximum Gasteiger partial charge on any atom is 0.162 e. The van der Waals surface area contributed by atoms with Crippen molar-refractivity contribution in [3.8, 4) is 22.9 Å². The Balaban J connectivity index is 1.47. The molecule has 3 aromatic heterocycles. The number of aromatic nitrogens is 5. The molecular formula is C20H14BrN5O. The number of aromatic amines is 1. The molecule has 0 atom stereocenters. The van der Waals surface area contributed by atoms with Crippen LogP contribution in [0.15, 0.2) is 65.4 Å². The van der Waals surface area contributed by atoms with Gasteiger partial charge in [-0.2, -0.15) is 5.10 Å². The van der Waals surface area contributed by atoms with Crippen LogP contribution in [0.25, 0.3) is 33.5 Å². The standard InChI is InChI=1S/C20H14BrN5O/c1-26-20-17(18(21)25-26)16(10-11-22-20)27-13-8-6-12(7-9-13)19-23-14-4-2-3-5-15(14)24-19/h2-11H,1H3,(H,23,24). The van der Waals surface area contributed by atoms with Gasteiger partial charge in [-0.25, -0.2) is 14.6 Å². The minimum absolute atomic E-state index is 0.705. The Morgan fingerprint density at radius 2 is 1.85 bits per heavy atom. The summed E-state index contributed by atoms with van der Waals surface area (Å²) in [6, 6.07) is 17.7. The summed E-state index contributed by atoms with van der Waals surface area (Å²) in [4.78, 5) is 12.3. The lowest BCUT2D eigenvalue weighted by atomic mass is 10.2. The van der Waals surface area contributed by atoms with E-state index in [0.29, 0.717) is 10.4 Å². The SMILES string of the molecule is Cn1nc(Br)c2c(Oc3ccc(-c4nc5ccccc5[nH]4)cc3)ccnc21. The number of halogens is 1. The summed E-state index contributed by atoms with van der Waals surface area (Å²) < 4.78 is 8.51. The molecule has 0 unspecified atom stereocenters. The van der Waals surface area contributed by atoms with Crippen LogP contribution in [-0.2, 0) is 7.05 Å². The molecule has 5 rings (SSSR count). The van der Waals surface area contributed by atoms with Crippen LogP contribution in [0.4, 0.5) is 0 Å². The van der Waals surface area contributed by atoms with E-state index in [2.05, 4.69) is 36.0 Å². The van der Waals surface area contributed by atoms with E-state index in [1.165, 1.54) is 0 Å². The topological polar surface area (TPSA) is 68.6 Å². The van der Waals surface area contributed by atoms with E-state index in [-0.39, 0.29) is 0 Å². The summed E-state index contributed by atoms with van der Waals surface area (Å²) in [6.07, 6.45) is 1.72. The third-order valence-corrected chi connectivity index (χ3v) is 4.94. The minimum Gasteiger partial charge on any atom is -0.456 e. The van der Waals surface area contributed by atoms with Gasteiger partial charge in [-0.05, 0) is 52.3 Å². The molecule has 27 heavy (non-hydrogen) atoms. The normalized spacial score (nSPS) is 11.3. The lowest BCUT2D eigenvalue weighted by Gasteiger charge is -2.07. The Labute approximate surface area is 163 Å². The molecule has 0 saturated carbocycles. The fraction of sp³-hybridized carbons (Fsp3) is 0.0500. The van der Waals surface area contributed by atoms with Crippen LogP contribution < -0.4 is 4.74 Å². The number of rotatable bonds is 3. The van der Waals surface area contributed by atoms with Gasteiger partial charge in [-0.1, -0.05) is 12.1 Å². The lowest BCUT2D eigenvalue weighted by Crippen LogP contribution is -1.92. The Kier molecular flexibility index (Phi) is 3.68. The fourth-order valence-electron chi connectivity index (χ4n) is 3.08. The zero-order valence-corrected chi connectivity index (χ0v) is 15.9. The number of H-pyrrole nitrogens is 1. The van der Waals surface area contributed by atoms with Gasteiger partial charge in [0.2, 0.25) is 0 Å². The zero-order chi connectivity index (χ0) is 18.4. The summed E-state index contributed by atoms with van der Waals surface area (Å²) >= 11 is 3.48. The number of aryl methyl sites for hydroxylation is 1. The predicted octanol–water partition coefficient (Wildman–Crippen LogP) is 5.07. The number of nitrogens with one attached hydrogen (secondary N) is 1. The van der Waals surface area contributed by atoms with Crippen molar-refractivity contribution < 1.29 is 4.74 Å². The molecule has 0 aliphatic rings. The van der Waals surface area contributed by atoms with Gasteiger partial charge in [0.25, 0.3) is 0 Å². The van der Waals surface area contributed by atoms with Crippen molar-refractivity contribution in [3.63, 3.8) is 0 Å². The van der Waals surface area contributed by atoms with E-state index in [4.69, 9.17) is 4.74 Å². The first-order chi connectivity index (χ1) is 13.2. The molecule has 0 radical (unpaired) electrons. The number of hydrogen-bond acceptors (Lipinski definition) is 4. The number of pyridine rings is 1. The smallest absolute Gasteiger partial charge is 0.162 e. The number of imidazole rings is 1. The van der Waals surface area contributed by atoms with Gasteiger partial charge < -0.3 is 9.72 Å². The average molecular weight is 420 g/mol. The van der Waals surface area contributed by atoms with Crippen molar-refractivity contribution in [1.82, 2.24) is 24.7 Å². The average Bonchev–Trinajstić information content (AvgIpc) is 3.24. The molecular weight excluding hydrogens is 406 g/mol. The summed E-state index contributed by atoms with van der Waals surface area (Å²) in [7, 11) is 1.85. The maximum absolute atomic E-state index is 6.08. The molecule has 0 amide bonds. The predicted molar refractivity (Wildman–Crippen MR) is 108 cm³/mol. The monoisotopic (exact) mass is 419 g/mol. The molecule has 0 bridgehead atoms. The van der Waals surface area contributed by atoms with E-state index < -0.39 is 0 Å². The third-order valence-electron chi connectivity index (χ3n) is 4.39. The minimum atomic E-state index is 0.705. The Hall–Kier alpha value is -3.19. The van der Waals surface area contributed by atoms with Gasteiger partial charge in [-0.3, -0.25) is 0 Å². The van der Waals surface area contributed by atoms with Gasteiger partial charge in [0.05, 0.1) is 16.4 Å². The second-order valence-corrected chi connectivity index (χ2v) is 6.90. The van der Waals surface area contributed by atoms with E-state index >= 15 is 0 Å². The molecule has 0 saturated heterocycles. The van der Waals surface area contributed by atoms with Gasteiger partial charge in [0.15, 0.2) is 5.65 Å². The van der Waals surface area contributed by atoms with Gasteiger partial charge in [0, 0.05) is 24.9 Å². The van der Waals surface area contributed by atoms with Crippen LogP contribution in [0.1, 0.15) is 0 Å². The molecule has 0 fully saturated rings. The first kappa shape index (κ1) is 16.0. The second-order valence-electron chi connectivity index (χ2n) is 6.15. The Morgan fingerprint density at radius 1 is 1.04 bits per heavy atom. The van der Waals surface area contributed by atoms with Crippen LogP contribution in [-0.4, -0.2) is 24.7 Å². The summed E-state index contributed by atoms with van der Waals surface area (Å²) in [5, 5.41) is 5.19. The zero-order valence-electron chi connectivity index (χ0n) is 14.3. The molecule has 5 aromatic rings. The molecule has 0 aliphatic heterocycles. The molecule has 0 aliphatic carbocycles. The first-order valence-electron chi connectivity index (χ1n) is 8.39. The van der Waals surface area contributed by atoms with E-state index in [0.717, 1.165) is 39.2 Å². The van der Waals surface area contributed by atoms with Crippen molar-refractivity contribution >= 4 is 38.0 Å². The van der Waals surface area contributed by atoms with Crippen molar-refractivity contribution in [2.75, 3.05) is 0 Å². The largest absolute Gasteiger partial charge is 0.456 e. The Bertz CT molecular complexity index is 1240. The molecule has 6 nitrogen and oxygen atoms in total. The van der Waals surface area contributed by atoms with Crippen molar-refractivity contribution in [1.29, 1.82) is 0 Å². The number of hydrogen-bond donors (Lipinski definition) is 1. The van der Waals surface area contributed by atoms with E-state index in [1.54, 1.807) is 10.9 Å². The highest BCUT2D eigenvalue weighted by Gasteiger charge is 2.14. The molecule has 132 valence electrons. The van der Waals surface area contributed by atoms with Gasteiger partial charge >= 0.3 is 0 Å². The highest BCUT2D eigenvalue weighted by Crippen LogP contribution is 2.34. The first-order valence-corrected chi connectivity index (χ1v) is 9.18. The van der Waals surface area contributed by atoms with Gasteiger partial charge in [0.1, 0.15) is 21.9 Å². The number of fused-ring (bicyclic) bond motifs is 2. The van der Waals surface area contributed by atoms with Crippen molar-refractivity contribution in [2.45, 2.75) is 0 Å². The van der Waals surface area contributed by atoms with Crippen LogP contribution in [0.5, 0.6) is 11.5 Å². The van der Waals surface area contributed by atoms with Crippen LogP contribution in [0.3, 0.4) is 0 Å².